The fourth-order valence-corrected chi connectivity index (χ4v) is 5.07. The van der Waals surface area contributed by atoms with Crippen LogP contribution < -0.4 is 10.0 Å². The minimum absolute atomic E-state index is 0.0166. The Morgan fingerprint density at radius 3 is 2.31 bits per heavy atom. The summed E-state index contributed by atoms with van der Waals surface area (Å²) >= 11 is 0. The van der Waals surface area contributed by atoms with Gasteiger partial charge in [-0.2, -0.15) is 0 Å². The second-order valence-electron chi connectivity index (χ2n) is 7.60. The first kappa shape index (κ1) is 21.3. The summed E-state index contributed by atoms with van der Waals surface area (Å²) < 4.78 is 28.4. The maximum Gasteiger partial charge on any atom is 0.337 e. The van der Waals surface area contributed by atoms with Crippen molar-refractivity contribution in [2.45, 2.75) is 62.4 Å². The minimum atomic E-state index is -3.77. The van der Waals surface area contributed by atoms with Crippen molar-refractivity contribution in [2.75, 3.05) is 5.32 Å². The van der Waals surface area contributed by atoms with Gasteiger partial charge in [-0.05, 0) is 43.5 Å². The number of carboxylic acid groups (broad SMARTS) is 1. The monoisotopic (exact) mass is 416 g/mol. The van der Waals surface area contributed by atoms with Gasteiger partial charge in [0.15, 0.2) is 0 Å². The lowest BCUT2D eigenvalue weighted by atomic mass is 10.1. The molecule has 0 aliphatic heterocycles. The first-order chi connectivity index (χ1) is 13.9. The van der Waals surface area contributed by atoms with E-state index in [1.54, 1.807) is 0 Å². The summed E-state index contributed by atoms with van der Waals surface area (Å²) in [6, 6.07) is 13.7. The van der Waals surface area contributed by atoms with Crippen LogP contribution in [0, 0.1) is 0 Å². The number of carbonyl (C=O) groups is 1. The Labute approximate surface area is 172 Å². The number of benzene rings is 2. The average Bonchev–Trinajstić information content (AvgIpc) is 2.96. The molecule has 0 bridgehead atoms. The third kappa shape index (κ3) is 5.58. The Hall–Kier alpha value is -2.38. The molecule has 0 spiro atoms. The average molecular weight is 417 g/mol. The van der Waals surface area contributed by atoms with E-state index < -0.39 is 16.0 Å². The molecule has 0 aromatic heterocycles. The fourth-order valence-electron chi connectivity index (χ4n) is 3.74. The molecule has 1 aliphatic carbocycles. The zero-order valence-corrected chi connectivity index (χ0v) is 17.4. The molecular weight excluding hydrogens is 388 g/mol. The molecule has 6 nitrogen and oxygen atoms in total. The highest BCUT2D eigenvalue weighted by molar-refractivity contribution is 7.89. The molecule has 0 heterocycles. The molecule has 3 N–H and O–H groups in total. The molecule has 1 aliphatic rings. The molecule has 156 valence electrons. The van der Waals surface area contributed by atoms with Crippen molar-refractivity contribution in [1.82, 2.24) is 4.72 Å². The lowest BCUT2D eigenvalue weighted by Gasteiger charge is -2.19. The smallest absolute Gasteiger partial charge is 0.337 e. The quantitative estimate of drug-likeness (QED) is 0.575. The summed E-state index contributed by atoms with van der Waals surface area (Å²) in [5.74, 6) is -1.17. The zero-order valence-electron chi connectivity index (χ0n) is 16.6. The van der Waals surface area contributed by atoms with Gasteiger partial charge in [0.1, 0.15) is 0 Å². The van der Waals surface area contributed by atoms with Crippen LogP contribution in [0.5, 0.6) is 0 Å². The molecule has 29 heavy (non-hydrogen) atoms. The highest BCUT2D eigenvalue weighted by atomic mass is 32.2. The van der Waals surface area contributed by atoms with Crippen LogP contribution in [-0.4, -0.2) is 25.5 Å². The van der Waals surface area contributed by atoms with E-state index in [-0.39, 0.29) is 22.5 Å². The summed E-state index contributed by atoms with van der Waals surface area (Å²) in [5.41, 5.74) is 1.34. The van der Waals surface area contributed by atoms with Crippen molar-refractivity contribution < 1.29 is 18.3 Å². The Kier molecular flexibility index (Phi) is 6.92. The van der Waals surface area contributed by atoms with Crippen LogP contribution in [0.25, 0.3) is 0 Å². The molecule has 0 unspecified atom stereocenters. The Morgan fingerprint density at radius 2 is 1.69 bits per heavy atom. The lowest BCUT2D eigenvalue weighted by Crippen LogP contribution is -2.34. The van der Waals surface area contributed by atoms with E-state index >= 15 is 0 Å². The topological polar surface area (TPSA) is 95.5 Å². The third-order valence-corrected chi connectivity index (χ3v) is 6.90. The predicted octanol–water partition coefficient (Wildman–Crippen LogP) is 4.56. The number of sulfonamides is 1. The van der Waals surface area contributed by atoms with Gasteiger partial charge in [0.05, 0.1) is 10.5 Å². The van der Waals surface area contributed by atoms with E-state index in [4.69, 9.17) is 0 Å². The first-order valence-electron chi connectivity index (χ1n) is 10.1. The van der Waals surface area contributed by atoms with E-state index in [0.717, 1.165) is 44.1 Å². The van der Waals surface area contributed by atoms with E-state index in [9.17, 15) is 18.3 Å². The highest BCUT2D eigenvalue weighted by Crippen LogP contribution is 2.26. The summed E-state index contributed by atoms with van der Waals surface area (Å²) in [6.45, 7) is 1.93. The predicted molar refractivity (Wildman–Crippen MR) is 114 cm³/mol. The molecule has 3 rings (SSSR count). The van der Waals surface area contributed by atoms with E-state index in [0.29, 0.717) is 5.69 Å². The van der Waals surface area contributed by atoms with Crippen LogP contribution in [-0.2, 0) is 10.0 Å². The van der Waals surface area contributed by atoms with Crippen LogP contribution >= 0.6 is 0 Å². The molecule has 2 aromatic rings. The standard InChI is InChI=1S/C22H28N2O4S/c1-16(17-9-5-4-6-10-17)23-21-14-13-19(15-20(21)22(25)26)29(27,28)24-18-11-7-2-3-8-12-18/h4-6,9-10,13-16,18,23-24H,2-3,7-8,11-12H2,1H3,(H,25,26)/t16-/m0/s1. The van der Waals surface area contributed by atoms with Gasteiger partial charge in [-0.3, -0.25) is 0 Å². The SMILES string of the molecule is C[C@H](Nc1ccc(S(=O)(=O)NC2CCCCCC2)cc1C(=O)O)c1ccccc1. The molecule has 0 radical (unpaired) electrons. The normalized spacial score (nSPS) is 16.7. The Bertz CT molecular complexity index is 937. The number of aromatic carboxylic acids is 1. The van der Waals surface area contributed by atoms with E-state index in [2.05, 4.69) is 10.0 Å². The number of hydrogen-bond acceptors (Lipinski definition) is 4. The van der Waals surface area contributed by atoms with Crippen LogP contribution in [0.4, 0.5) is 5.69 Å². The van der Waals surface area contributed by atoms with Crippen molar-refractivity contribution in [3.8, 4) is 0 Å². The molecule has 0 saturated heterocycles. The van der Waals surface area contributed by atoms with Gasteiger partial charge < -0.3 is 10.4 Å². The van der Waals surface area contributed by atoms with Gasteiger partial charge in [0, 0.05) is 17.8 Å². The van der Waals surface area contributed by atoms with Gasteiger partial charge >= 0.3 is 5.97 Å². The second-order valence-corrected chi connectivity index (χ2v) is 9.31. The maximum absolute atomic E-state index is 12.8. The molecule has 2 aromatic carbocycles. The van der Waals surface area contributed by atoms with Gasteiger partial charge in [0.25, 0.3) is 0 Å². The highest BCUT2D eigenvalue weighted by Gasteiger charge is 2.23. The first-order valence-corrected chi connectivity index (χ1v) is 11.6. The van der Waals surface area contributed by atoms with Crippen LogP contribution in [0.3, 0.4) is 0 Å². The number of carboxylic acids is 1. The van der Waals surface area contributed by atoms with Gasteiger partial charge in [-0.25, -0.2) is 17.9 Å². The number of rotatable bonds is 7. The van der Waals surface area contributed by atoms with Crippen molar-refractivity contribution >= 4 is 21.7 Å². The number of nitrogens with one attached hydrogen (secondary N) is 2. The molecule has 1 saturated carbocycles. The van der Waals surface area contributed by atoms with E-state index in [1.807, 2.05) is 37.3 Å². The molecule has 7 heteroatoms. The van der Waals surface area contributed by atoms with Gasteiger partial charge in [-0.15, -0.1) is 0 Å². The van der Waals surface area contributed by atoms with Crippen molar-refractivity contribution in [2.24, 2.45) is 0 Å². The Morgan fingerprint density at radius 1 is 1.03 bits per heavy atom. The molecular formula is C22H28N2O4S. The lowest BCUT2D eigenvalue weighted by molar-refractivity contribution is 0.0697. The van der Waals surface area contributed by atoms with Crippen molar-refractivity contribution in [3.05, 3.63) is 59.7 Å². The molecule has 1 fully saturated rings. The van der Waals surface area contributed by atoms with Crippen LogP contribution in [0.1, 0.15) is 67.4 Å². The number of anilines is 1. The van der Waals surface area contributed by atoms with Crippen LogP contribution in [0.15, 0.2) is 53.4 Å². The maximum atomic E-state index is 12.8. The summed E-state index contributed by atoms with van der Waals surface area (Å²) in [7, 11) is -3.77. The summed E-state index contributed by atoms with van der Waals surface area (Å²) in [5, 5.41) is 12.8. The van der Waals surface area contributed by atoms with Gasteiger partial charge in [-0.1, -0.05) is 56.0 Å². The molecule has 0 amide bonds. The second kappa shape index (κ2) is 9.41. The minimum Gasteiger partial charge on any atom is -0.478 e. The zero-order chi connectivity index (χ0) is 20.9. The third-order valence-electron chi connectivity index (χ3n) is 5.38. The summed E-state index contributed by atoms with van der Waals surface area (Å²) in [6.07, 6.45) is 5.91. The fraction of sp³-hybridized carbons (Fsp3) is 0.409. The number of hydrogen-bond donors (Lipinski definition) is 3. The van der Waals surface area contributed by atoms with E-state index in [1.165, 1.54) is 18.2 Å². The van der Waals surface area contributed by atoms with Crippen molar-refractivity contribution in [1.29, 1.82) is 0 Å². The molecule has 1 atom stereocenters. The van der Waals surface area contributed by atoms with Gasteiger partial charge in [0.2, 0.25) is 10.0 Å². The van der Waals surface area contributed by atoms with Crippen LogP contribution in [0.2, 0.25) is 0 Å². The van der Waals surface area contributed by atoms with Crippen molar-refractivity contribution in [3.63, 3.8) is 0 Å². The summed E-state index contributed by atoms with van der Waals surface area (Å²) in [4.78, 5) is 11.8. The largest absolute Gasteiger partial charge is 0.478 e. The Balaban J connectivity index is 1.82.